The van der Waals surface area contributed by atoms with Crippen LogP contribution in [-0.2, 0) is 13.2 Å². The van der Waals surface area contributed by atoms with Crippen molar-refractivity contribution in [1.29, 1.82) is 0 Å². The average Bonchev–Trinajstić information content (AvgIpc) is 2.80. The number of non-ortho nitro benzene ring substituents is 1. The van der Waals surface area contributed by atoms with Gasteiger partial charge in [0.05, 0.1) is 16.6 Å². The summed E-state index contributed by atoms with van der Waals surface area (Å²) < 4.78 is 25.4. The van der Waals surface area contributed by atoms with E-state index < -0.39 is 4.92 Å². The highest BCUT2D eigenvalue weighted by atomic mass is 35.5. The molecule has 3 rings (SSSR count). The Morgan fingerprint density at radius 3 is 2.47 bits per heavy atom. The first kappa shape index (κ1) is 27.2. The number of hydrogen-bond acceptors (Lipinski definition) is 6. The number of benzene rings is 3. The first-order valence-corrected chi connectivity index (χ1v) is 10.9. The van der Waals surface area contributed by atoms with Gasteiger partial charge in [-0.25, -0.2) is 4.39 Å². The Kier molecular flexibility index (Phi) is 10.9. The molecular weight excluding hydrogens is 484 g/mol. The van der Waals surface area contributed by atoms with E-state index >= 15 is 0 Å². The van der Waals surface area contributed by atoms with Gasteiger partial charge in [-0.15, -0.1) is 12.4 Å². The van der Waals surface area contributed by atoms with Gasteiger partial charge in [0.25, 0.3) is 5.69 Å². The number of nitrogens with one attached hydrogen (secondary N) is 2. The molecular formula is C24H26Cl2FN3O4. The lowest BCUT2D eigenvalue weighted by Crippen LogP contribution is -2.21. The molecule has 0 fully saturated rings. The summed E-state index contributed by atoms with van der Waals surface area (Å²) in [6.07, 6.45) is 0. The molecule has 0 heterocycles. The van der Waals surface area contributed by atoms with Crippen LogP contribution in [0.3, 0.4) is 0 Å². The molecule has 0 spiro atoms. The van der Waals surface area contributed by atoms with Gasteiger partial charge in [0.15, 0.2) is 11.5 Å². The van der Waals surface area contributed by atoms with E-state index in [-0.39, 0.29) is 30.5 Å². The minimum absolute atomic E-state index is 0. The Morgan fingerprint density at radius 2 is 1.79 bits per heavy atom. The monoisotopic (exact) mass is 509 g/mol. The van der Waals surface area contributed by atoms with Crippen LogP contribution in [0.25, 0.3) is 0 Å². The Morgan fingerprint density at radius 1 is 1.06 bits per heavy atom. The van der Waals surface area contributed by atoms with Gasteiger partial charge in [0.2, 0.25) is 0 Å². The van der Waals surface area contributed by atoms with Gasteiger partial charge >= 0.3 is 0 Å². The maximum Gasteiger partial charge on any atom is 0.269 e. The summed E-state index contributed by atoms with van der Waals surface area (Å²) in [6.45, 7) is 4.18. The van der Waals surface area contributed by atoms with Crippen LogP contribution in [0.1, 0.15) is 18.1 Å². The summed E-state index contributed by atoms with van der Waals surface area (Å²) in [5.41, 5.74) is 2.21. The number of nitro benzene ring substituents is 1. The summed E-state index contributed by atoms with van der Waals surface area (Å²) in [5.74, 6) is 0.544. The molecule has 0 bridgehead atoms. The quantitative estimate of drug-likeness (QED) is 0.177. The topological polar surface area (TPSA) is 85.7 Å². The second-order valence-electron chi connectivity index (χ2n) is 7.13. The van der Waals surface area contributed by atoms with E-state index in [0.717, 1.165) is 11.3 Å². The summed E-state index contributed by atoms with van der Waals surface area (Å²) in [6, 6.07) is 16.3. The number of hydrogen-bond donors (Lipinski definition) is 2. The number of nitrogens with zero attached hydrogens (tertiary/aromatic N) is 1. The minimum atomic E-state index is -0.427. The molecule has 3 aromatic carbocycles. The van der Waals surface area contributed by atoms with Crippen LogP contribution in [-0.4, -0.2) is 24.6 Å². The highest BCUT2D eigenvalue weighted by Gasteiger charge is 2.14. The van der Waals surface area contributed by atoms with E-state index in [1.807, 2.05) is 13.0 Å². The first-order chi connectivity index (χ1) is 16.0. The Bertz CT molecular complexity index is 1080. The molecule has 2 N–H and O–H groups in total. The predicted molar refractivity (Wildman–Crippen MR) is 134 cm³/mol. The van der Waals surface area contributed by atoms with Gasteiger partial charge in [-0.3, -0.25) is 10.1 Å². The second-order valence-corrected chi connectivity index (χ2v) is 7.53. The molecule has 3 aromatic rings. The molecule has 0 aliphatic carbocycles. The zero-order valence-corrected chi connectivity index (χ0v) is 20.1. The molecule has 34 heavy (non-hydrogen) atoms. The normalized spacial score (nSPS) is 10.3. The van der Waals surface area contributed by atoms with Gasteiger partial charge in [-0.2, -0.15) is 0 Å². The van der Waals surface area contributed by atoms with Gasteiger partial charge in [-0.05, 0) is 42.8 Å². The van der Waals surface area contributed by atoms with Crippen molar-refractivity contribution in [1.82, 2.24) is 5.32 Å². The van der Waals surface area contributed by atoms with Gasteiger partial charge in [0.1, 0.15) is 12.4 Å². The maximum atomic E-state index is 13.9. The number of nitro groups is 1. The summed E-state index contributed by atoms with van der Waals surface area (Å²) in [5, 5.41) is 17.6. The lowest BCUT2D eigenvalue weighted by molar-refractivity contribution is -0.384. The maximum absolute atomic E-state index is 13.9. The van der Waals surface area contributed by atoms with Crippen molar-refractivity contribution in [2.24, 2.45) is 0 Å². The fourth-order valence-corrected chi connectivity index (χ4v) is 3.41. The lowest BCUT2D eigenvalue weighted by atomic mass is 10.2. The molecule has 10 heteroatoms. The van der Waals surface area contributed by atoms with Crippen LogP contribution < -0.4 is 20.1 Å². The molecule has 0 atom stereocenters. The van der Waals surface area contributed by atoms with E-state index in [0.29, 0.717) is 48.3 Å². The fourth-order valence-electron chi connectivity index (χ4n) is 3.12. The molecule has 0 amide bonds. The first-order valence-electron chi connectivity index (χ1n) is 10.5. The molecule has 0 radical (unpaired) electrons. The van der Waals surface area contributed by atoms with Crippen molar-refractivity contribution in [2.45, 2.75) is 20.1 Å². The highest BCUT2D eigenvalue weighted by Crippen LogP contribution is 2.37. The largest absolute Gasteiger partial charge is 0.490 e. The summed E-state index contributed by atoms with van der Waals surface area (Å²) in [4.78, 5) is 10.3. The van der Waals surface area contributed by atoms with E-state index in [9.17, 15) is 14.5 Å². The standard InChI is InChI=1S/C24H25ClFN3O4.ClH/c1-2-32-23-14-17(13-21(25)24(23)33-16-18-5-3-4-6-22(18)26)15-27-11-12-28-19-7-9-20(10-8-19)29(30)31;/h3-10,13-14,27-28H,2,11-12,15-16H2,1H3;1H. The van der Waals surface area contributed by atoms with Crippen molar-refractivity contribution < 1.29 is 18.8 Å². The van der Waals surface area contributed by atoms with Gasteiger partial charge in [-0.1, -0.05) is 29.8 Å². The van der Waals surface area contributed by atoms with Gasteiger partial charge < -0.3 is 20.1 Å². The molecule has 0 saturated heterocycles. The SMILES string of the molecule is CCOc1cc(CNCCNc2ccc([N+](=O)[O-])cc2)cc(Cl)c1OCc1ccccc1F.Cl. The van der Waals surface area contributed by atoms with E-state index in [1.165, 1.54) is 18.2 Å². The average molecular weight is 510 g/mol. The Hall–Kier alpha value is -3.07. The molecule has 0 unspecified atom stereocenters. The van der Waals surface area contributed by atoms with Crippen LogP contribution in [0.5, 0.6) is 11.5 Å². The van der Waals surface area contributed by atoms with Crippen LogP contribution >= 0.6 is 24.0 Å². The van der Waals surface area contributed by atoms with E-state index in [4.69, 9.17) is 21.1 Å². The number of anilines is 1. The third-order valence-electron chi connectivity index (χ3n) is 4.74. The van der Waals surface area contributed by atoms with Crippen molar-refractivity contribution in [3.8, 4) is 11.5 Å². The molecule has 0 aliphatic rings. The minimum Gasteiger partial charge on any atom is -0.490 e. The molecule has 0 saturated carbocycles. The van der Waals surface area contributed by atoms with Crippen LogP contribution in [0.4, 0.5) is 15.8 Å². The van der Waals surface area contributed by atoms with Crippen LogP contribution in [0.2, 0.25) is 5.02 Å². The number of halogens is 3. The van der Waals surface area contributed by atoms with Crippen LogP contribution in [0, 0.1) is 15.9 Å². The van der Waals surface area contributed by atoms with Gasteiger partial charge in [0, 0.05) is 43.0 Å². The number of ether oxygens (including phenoxy) is 2. The third kappa shape index (κ3) is 7.76. The van der Waals surface area contributed by atoms with Crippen LogP contribution in [0.15, 0.2) is 60.7 Å². The van der Waals surface area contributed by atoms with Crippen molar-refractivity contribution in [2.75, 3.05) is 25.0 Å². The predicted octanol–water partition coefficient (Wildman–Crippen LogP) is 5.99. The van der Waals surface area contributed by atoms with Crippen molar-refractivity contribution >= 4 is 35.4 Å². The molecule has 0 aliphatic heterocycles. The lowest BCUT2D eigenvalue weighted by Gasteiger charge is -2.16. The zero-order valence-electron chi connectivity index (χ0n) is 18.6. The molecule has 7 nitrogen and oxygen atoms in total. The highest BCUT2D eigenvalue weighted by molar-refractivity contribution is 6.32. The Balaban J connectivity index is 0.00000408. The zero-order chi connectivity index (χ0) is 23.6. The van der Waals surface area contributed by atoms with E-state index in [2.05, 4.69) is 10.6 Å². The molecule has 0 aromatic heterocycles. The fraction of sp³-hybridized carbons (Fsp3) is 0.250. The van der Waals surface area contributed by atoms with Crippen molar-refractivity contribution in [3.63, 3.8) is 0 Å². The number of rotatable bonds is 12. The smallest absolute Gasteiger partial charge is 0.269 e. The summed E-state index contributed by atoms with van der Waals surface area (Å²) >= 11 is 6.44. The second kappa shape index (κ2) is 13.6. The van der Waals surface area contributed by atoms with E-state index in [1.54, 1.807) is 36.4 Å². The summed E-state index contributed by atoms with van der Waals surface area (Å²) in [7, 11) is 0. The molecule has 182 valence electrons. The van der Waals surface area contributed by atoms with Crippen molar-refractivity contribution in [3.05, 3.63) is 92.7 Å². The third-order valence-corrected chi connectivity index (χ3v) is 5.02. The Labute approximate surface area is 208 Å².